The predicted octanol–water partition coefficient (Wildman–Crippen LogP) is 14.1. The van der Waals surface area contributed by atoms with E-state index in [4.69, 9.17) is 0 Å². The Kier molecular flexibility index (Phi) is 6.60. The fraction of sp³-hybridized carbons (Fsp3) is 0. The van der Waals surface area contributed by atoms with E-state index >= 15 is 0 Å². The Labute approximate surface area is 291 Å². The molecule has 10 aromatic rings. The molecule has 50 heavy (non-hydrogen) atoms. The first-order valence-corrected chi connectivity index (χ1v) is 17.3. The van der Waals surface area contributed by atoms with Gasteiger partial charge < -0.3 is 0 Å². The molecule has 0 bridgehead atoms. The smallest absolute Gasteiger partial charge is 0.00259 e. The van der Waals surface area contributed by atoms with Crippen molar-refractivity contribution in [2.75, 3.05) is 0 Å². The number of hydrogen-bond acceptors (Lipinski definition) is 0. The Morgan fingerprint density at radius 2 is 0.620 bits per heavy atom. The average Bonchev–Trinajstić information content (AvgIpc) is 3.19. The van der Waals surface area contributed by atoms with Crippen molar-refractivity contribution in [2.24, 2.45) is 0 Å². The van der Waals surface area contributed by atoms with E-state index < -0.39 is 0 Å². The first-order chi connectivity index (χ1) is 24.8. The van der Waals surface area contributed by atoms with Crippen molar-refractivity contribution in [3.63, 3.8) is 0 Å². The molecule has 0 amide bonds. The van der Waals surface area contributed by atoms with Crippen molar-refractivity contribution in [3.05, 3.63) is 194 Å². The zero-order valence-corrected chi connectivity index (χ0v) is 27.5. The highest BCUT2D eigenvalue weighted by molar-refractivity contribution is 6.22. The molecule has 0 heteroatoms. The van der Waals surface area contributed by atoms with Crippen LogP contribution in [-0.4, -0.2) is 0 Å². The Hall–Kier alpha value is -6.50. The summed E-state index contributed by atoms with van der Waals surface area (Å²) in [5.41, 5.74) is 9.86. The Morgan fingerprint density at radius 1 is 0.180 bits per heavy atom. The van der Waals surface area contributed by atoms with E-state index in [1.807, 2.05) is 0 Å². The van der Waals surface area contributed by atoms with Crippen molar-refractivity contribution in [2.45, 2.75) is 0 Å². The number of rotatable bonds is 4. The summed E-state index contributed by atoms with van der Waals surface area (Å²) in [6.07, 6.45) is 0. The number of fused-ring (bicyclic) bond motifs is 6. The van der Waals surface area contributed by atoms with Gasteiger partial charge in [0.15, 0.2) is 0 Å². The van der Waals surface area contributed by atoms with Gasteiger partial charge >= 0.3 is 0 Å². The summed E-state index contributed by atoms with van der Waals surface area (Å²) in [5.74, 6) is 0. The van der Waals surface area contributed by atoms with Crippen LogP contribution in [-0.2, 0) is 0 Å². The molecule has 0 unspecified atom stereocenters. The molecule has 0 fully saturated rings. The van der Waals surface area contributed by atoms with Crippen molar-refractivity contribution in [1.29, 1.82) is 0 Å². The summed E-state index contributed by atoms with van der Waals surface area (Å²) in [5, 5.41) is 12.6. The van der Waals surface area contributed by atoms with Gasteiger partial charge in [-0.3, -0.25) is 0 Å². The molecule has 0 aliphatic heterocycles. The van der Waals surface area contributed by atoms with Gasteiger partial charge in [-0.1, -0.05) is 164 Å². The molecule has 0 nitrogen and oxygen atoms in total. The summed E-state index contributed by atoms with van der Waals surface area (Å²) < 4.78 is 0. The molecule has 232 valence electrons. The maximum atomic E-state index is 2.41. The van der Waals surface area contributed by atoms with Crippen molar-refractivity contribution in [3.8, 4) is 44.5 Å². The molecular weight excluding hydrogens is 601 g/mol. The van der Waals surface area contributed by atoms with E-state index in [0.717, 1.165) is 0 Å². The van der Waals surface area contributed by atoms with Gasteiger partial charge in [0, 0.05) is 0 Å². The van der Waals surface area contributed by atoms with E-state index in [1.165, 1.54) is 98.4 Å². The van der Waals surface area contributed by atoms with Gasteiger partial charge in [-0.05, 0) is 129 Å². The third-order valence-corrected chi connectivity index (χ3v) is 10.4. The quantitative estimate of drug-likeness (QED) is 0.134. The van der Waals surface area contributed by atoms with Crippen LogP contribution in [0, 0.1) is 0 Å². The SMILES string of the molecule is c1ccc(-c2cc(-c3ccc4ccc5ccccc5c4c3)cc(-c3c4ccccc4c(-c4ccc5ccccc5c4)c4ccccc34)c2)cc1. The fourth-order valence-corrected chi connectivity index (χ4v) is 8.01. The lowest BCUT2D eigenvalue weighted by atomic mass is 9.84. The van der Waals surface area contributed by atoms with Crippen molar-refractivity contribution >= 4 is 53.9 Å². The molecular formula is C50H32. The Balaban J connectivity index is 1.27. The second-order valence-corrected chi connectivity index (χ2v) is 13.3. The Bertz CT molecular complexity index is 2860. The molecule has 0 heterocycles. The van der Waals surface area contributed by atoms with Crippen molar-refractivity contribution in [1.82, 2.24) is 0 Å². The first-order valence-electron chi connectivity index (χ1n) is 17.3. The first kappa shape index (κ1) is 28.5. The van der Waals surface area contributed by atoms with E-state index in [0.29, 0.717) is 0 Å². The average molecular weight is 633 g/mol. The van der Waals surface area contributed by atoms with Crippen LogP contribution in [0.2, 0.25) is 0 Å². The molecule has 0 saturated carbocycles. The normalized spacial score (nSPS) is 11.6. The second-order valence-electron chi connectivity index (χ2n) is 13.3. The largest absolute Gasteiger partial charge is 0.0622 e. The zero-order chi connectivity index (χ0) is 33.0. The molecule has 10 aromatic carbocycles. The van der Waals surface area contributed by atoms with Crippen LogP contribution in [0.5, 0.6) is 0 Å². The maximum absolute atomic E-state index is 2.41. The van der Waals surface area contributed by atoms with Gasteiger partial charge in [-0.2, -0.15) is 0 Å². The molecule has 0 atom stereocenters. The van der Waals surface area contributed by atoms with Crippen LogP contribution in [0.4, 0.5) is 0 Å². The minimum absolute atomic E-state index is 1.21. The summed E-state index contributed by atoms with van der Waals surface area (Å²) in [6.45, 7) is 0. The molecule has 0 aliphatic carbocycles. The maximum Gasteiger partial charge on any atom is -0.00259 e. The minimum atomic E-state index is 1.21. The minimum Gasteiger partial charge on any atom is -0.0622 e. The Morgan fingerprint density at radius 3 is 1.30 bits per heavy atom. The van der Waals surface area contributed by atoms with Crippen LogP contribution < -0.4 is 0 Å². The summed E-state index contributed by atoms with van der Waals surface area (Å²) in [6, 6.07) is 71.5. The van der Waals surface area contributed by atoms with Crippen LogP contribution in [0.1, 0.15) is 0 Å². The fourth-order valence-electron chi connectivity index (χ4n) is 8.01. The summed E-state index contributed by atoms with van der Waals surface area (Å²) >= 11 is 0. The molecule has 10 rings (SSSR count). The van der Waals surface area contributed by atoms with Crippen LogP contribution in [0.3, 0.4) is 0 Å². The predicted molar refractivity (Wildman–Crippen MR) is 216 cm³/mol. The van der Waals surface area contributed by atoms with E-state index in [1.54, 1.807) is 0 Å². The molecule has 0 aliphatic rings. The van der Waals surface area contributed by atoms with Crippen LogP contribution in [0.15, 0.2) is 194 Å². The highest BCUT2D eigenvalue weighted by Crippen LogP contribution is 2.46. The van der Waals surface area contributed by atoms with Gasteiger partial charge in [-0.25, -0.2) is 0 Å². The van der Waals surface area contributed by atoms with Gasteiger partial charge in [0.25, 0.3) is 0 Å². The van der Waals surface area contributed by atoms with E-state index in [2.05, 4.69) is 194 Å². The lowest BCUT2D eigenvalue weighted by molar-refractivity contribution is 1.59. The summed E-state index contributed by atoms with van der Waals surface area (Å²) in [7, 11) is 0. The third-order valence-electron chi connectivity index (χ3n) is 10.4. The molecule has 0 radical (unpaired) electrons. The highest BCUT2D eigenvalue weighted by atomic mass is 14.2. The lowest BCUT2D eigenvalue weighted by Crippen LogP contribution is -1.92. The standard InChI is InChI=1S/C50H32/c1-2-12-33(13-3-1)40-29-41(38-26-25-36-24-23-35-15-6-7-17-43(35)48(36)32-38)31-42(30-40)50-46-20-10-8-18-44(46)49(45-19-9-11-21-47(45)50)39-27-22-34-14-4-5-16-37(34)28-39/h1-32H. The van der Waals surface area contributed by atoms with Gasteiger partial charge in [0.05, 0.1) is 0 Å². The molecule has 0 saturated heterocycles. The van der Waals surface area contributed by atoms with E-state index in [9.17, 15) is 0 Å². The van der Waals surface area contributed by atoms with Gasteiger partial charge in [0.1, 0.15) is 0 Å². The topological polar surface area (TPSA) is 0 Å². The molecule has 0 spiro atoms. The summed E-state index contributed by atoms with van der Waals surface area (Å²) in [4.78, 5) is 0. The van der Waals surface area contributed by atoms with Crippen molar-refractivity contribution < 1.29 is 0 Å². The van der Waals surface area contributed by atoms with Gasteiger partial charge in [0.2, 0.25) is 0 Å². The molecule has 0 N–H and O–H groups in total. The zero-order valence-electron chi connectivity index (χ0n) is 27.5. The number of benzene rings is 10. The van der Waals surface area contributed by atoms with Gasteiger partial charge in [-0.15, -0.1) is 0 Å². The number of hydrogen-bond donors (Lipinski definition) is 0. The third kappa shape index (κ3) is 4.69. The molecule has 0 aromatic heterocycles. The van der Waals surface area contributed by atoms with Crippen LogP contribution >= 0.6 is 0 Å². The highest BCUT2D eigenvalue weighted by Gasteiger charge is 2.18. The lowest BCUT2D eigenvalue weighted by Gasteiger charge is -2.19. The van der Waals surface area contributed by atoms with E-state index in [-0.39, 0.29) is 0 Å². The monoisotopic (exact) mass is 632 g/mol. The second kappa shape index (κ2) is 11.6. The van der Waals surface area contributed by atoms with Crippen LogP contribution in [0.25, 0.3) is 98.4 Å².